The summed E-state index contributed by atoms with van der Waals surface area (Å²) in [5.41, 5.74) is 2.61. The Labute approximate surface area is 102 Å². The van der Waals surface area contributed by atoms with Crippen LogP contribution in [0.2, 0.25) is 0 Å². The lowest BCUT2D eigenvalue weighted by atomic mass is 10.1. The number of nitriles is 1. The van der Waals surface area contributed by atoms with Crippen LogP contribution in [0.15, 0.2) is 18.2 Å². The van der Waals surface area contributed by atoms with Crippen molar-refractivity contribution in [2.75, 3.05) is 25.0 Å². The molecule has 0 spiro atoms. The Kier molecular flexibility index (Phi) is 5.47. The number of aryl methyl sites for hydroxylation is 1. The van der Waals surface area contributed by atoms with Gasteiger partial charge in [-0.2, -0.15) is 5.26 Å². The molecule has 0 radical (unpaired) electrons. The molecule has 17 heavy (non-hydrogen) atoms. The molecule has 0 heterocycles. The molecule has 1 unspecified atom stereocenters. The van der Waals surface area contributed by atoms with Crippen LogP contribution in [0.3, 0.4) is 0 Å². The predicted molar refractivity (Wildman–Crippen MR) is 68.9 cm³/mol. The van der Waals surface area contributed by atoms with Crippen LogP contribution >= 0.6 is 0 Å². The van der Waals surface area contributed by atoms with Crippen LogP contribution in [0.4, 0.5) is 5.69 Å². The molecule has 0 fully saturated rings. The number of hydrogen-bond donors (Lipinski definition) is 3. The summed E-state index contributed by atoms with van der Waals surface area (Å²) in [5, 5.41) is 24.3. The standard InChI is InChI=1S/C13H19N3O/c1-10-3-4-13(12(7-10)8-14)16-6-5-15-9-11(2)17/h3-4,7,11,15-17H,5-6,9H2,1-2H3. The third kappa shape index (κ3) is 4.85. The Hall–Kier alpha value is -1.57. The average molecular weight is 233 g/mol. The number of aliphatic hydroxyl groups is 1. The van der Waals surface area contributed by atoms with E-state index in [1.165, 1.54) is 0 Å². The zero-order valence-corrected chi connectivity index (χ0v) is 10.3. The molecule has 1 atom stereocenters. The van der Waals surface area contributed by atoms with E-state index in [2.05, 4.69) is 16.7 Å². The number of rotatable bonds is 6. The summed E-state index contributed by atoms with van der Waals surface area (Å²) in [7, 11) is 0. The zero-order chi connectivity index (χ0) is 12.7. The third-order valence-electron chi connectivity index (χ3n) is 2.35. The molecule has 0 saturated carbocycles. The number of benzene rings is 1. The van der Waals surface area contributed by atoms with Crippen LogP contribution < -0.4 is 10.6 Å². The van der Waals surface area contributed by atoms with Gasteiger partial charge in [0.2, 0.25) is 0 Å². The minimum absolute atomic E-state index is 0.330. The molecule has 0 saturated heterocycles. The van der Waals surface area contributed by atoms with Crippen molar-refractivity contribution in [3.8, 4) is 6.07 Å². The van der Waals surface area contributed by atoms with Gasteiger partial charge in [-0.15, -0.1) is 0 Å². The van der Waals surface area contributed by atoms with Crippen LogP contribution in [0.1, 0.15) is 18.1 Å². The minimum atomic E-state index is -0.330. The molecule has 0 amide bonds. The Balaban J connectivity index is 2.39. The molecule has 1 rings (SSSR count). The fourth-order valence-electron chi connectivity index (χ4n) is 1.50. The van der Waals surface area contributed by atoms with Crippen molar-refractivity contribution in [1.29, 1.82) is 5.26 Å². The Morgan fingerprint density at radius 2 is 2.18 bits per heavy atom. The fourth-order valence-corrected chi connectivity index (χ4v) is 1.50. The van der Waals surface area contributed by atoms with Crippen molar-refractivity contribution in [3.63, 3.8) is 0 Å². The zero-order valence-electron chi connectivity index (χ0n) is 10.3. The van der Waals surface area contributed by atoms with Crippen LogP contribution in [-0.4, -0.2) is 30.8 Å². The van der Waals surface area contributed by atoms with Gasteiger partial charge in [0.15, 0.2) is 0 Å². The smallest absolute Gasteiger partial charge is 0.101 e. The first-order valence-corrected chi connectivity index (χ1v) is 5.77. The molecule has 4 heteroatoms. The summed E-state index contributed by atoms with van der Waals surface area (Å²) in [6.07, 6.45) is -0.330. The van der Waals surface area contributed by atoms with E-state index >= 15 is 0 Å². The molecule has 1 aromatic rings. The second kappa shape index (κ2) is 6.89. The van der Waals surface area contributed by atoms with E-state index in [9.17, 15) is 0 Å². The van der Waals surface area contributed by atoms with E-state index in [4.69, 9.17) is 10.4 Å². The van der Waals surface area contributed by atoms with Crippen LogP contribution in [-0.2, 0) is 0 Å². The van der Waals surface area contributed by atoms with E-state index in [0.29, 0.717) is 12.1 Å². The van der Waals surface area contributed by atoms with Gasteiger partial charge in [0.25, 0.3) is 0 Å². The lowest BCUT2D eigenvalue weighted by molar-refractivity contribution is 0.192. The lowest BCUT2D eigenvalue weighted by Gasteiger charge is -2.10. The SMILES string of the molecule is Cc1ccc(NCCNCC(C)O)c(C#N)c1. The van der Waals surface area contributed by atoms with Crippen molar-refractivity contribution in [2.45, 2.75) is 20.0 Å². The summed E-state index contributed by atoms with van der Waals surface area (Å²) in [6.45, 7) is 5.78. The van der Waals surface area contributed by atoms with Gasteiger partial charge in [-0.25, -0.2) is 0 Å². The second-order valence-electron chi connectivity index (χ2n) is 4.14. The third-order valence-corrected chi connectivity index (χ3v) is 2.35. The fraction of sp³-hybridized carbons (Fsp3) is 0.462. The monoisotopic (exact) mass is 233 g/mol. The van der Waals surface area contributed by atoms with E-state index in [0.717, 1.165) is 24.3 Å². The first-order valence-electron chi connectivity index (χ1n) is 5.77. The second-order valence-corrected chi connectivity index (χ2v) is 4.14. The molecule has 0 aliphatic heterocycles. The summed E-state index contributed by atoms with van der Waals surface area (Å²) in [4.78, 5) is 0. The number of anilines is 1. The summed E-state index contributed by atoms with van der Waals surface area (Å²) in [6, 6.07) is 7.94. The maximum atomic E-state index is 9.06. The maximum absolute atomic E-state index is 9.06. The van der Waals surface area contributed by atoms with Gasteiger partial charge in [-0.1, -0.05) is 6.07 Å². The molecule has 0 aliphatic rings. The van der Waals surface area contributed by atoms with Crippen molar-refractivity contribution in [1.82, 2.24) is 5.32 Å². The van der Waals surface area contributed by atoms with Crippen molar-refractivity contribution in [3.05, 3.63) is 29.3 Å². The van der Waals surface area contributed by atoms with E-state index in [-0.39, 0.29) is 6.10 Å². The highest BCUT2D eigenvalue weighted by atomic mass is 16.3. The first kappa shape index (κ1) is 13.5. The molecule has 0 aliphatic carbocycles. The van der Waals surface area contributed by atoms with Gasteiger partial charge in [-0.05, 0) is 31.5 Å². The highest BCUT2D eigenvalue weighted by molar-refractivity contribution is 5.58. The summed E-state index contributed by atoms with van der Waals surface area (Å²) >= 11 is 0. The quantitative estimate of drug-likeness (QED) is 0.647. The van der Waals surface area contributed by atoms with Crippen LogP contribution in [0.25, 0.3) is 0 Å². The van der Waals surface area contributed by atoms with Gasteiger partial charge in [-0.3, -0.25) is 0 Å². The van der Waals surface area contributed by atoms with Gasteiger partial charge in [0.05, 0.1) is 17.4 Å². The van der Waals surface area contributed by atoms with Crippen LogP contribution in [0.5, 0.6) is 0 Å². The van der Waals surface area contributed by atoms with Gasteiger partial charge in [0, 0.05) is 19.6 Å². The maximum Gasteiger partial charge on any atom is 0.101 e. The average Bonchev–Trinajstić information content (AvgIpc) is 2.29. The molecular weight excluding hydrogens is 214 g/mol. The summed E-state index contributed by atoms with van der Waals surface area (Å²) in [5.74, 6) is 0. The predicted octanol–water partition coefficient (Wildman–Crippen LogP) is 1.25. The Morgan fingerprint density at radius 3 is 2.82 bits per heavy atom. The van der Waals surface area contributed by atoms with Crippen molar-refractivity contribution < 1.29 is 5.11 Å². The molecular formula is C13H19N3O. The number of aliphatic hydroxyl groups excluding tert-OH is 1. The van der Waals surface area contributed by atoms with Crippen molar-refractivity contribution in [2.24, 2.45) is 0 Å². The minimum Gasteiger partial charge on any atom is -0.392 e. The normalized spacial score (nSPS) is 11.9. The molecule has 1 aromatic carbocycles. The van der Waals surface area contributed by atoms with Crippen molar-refractivity contribution >= 4 is 5.69 Å². The topological polar surface area (TPSA) is 68.1 Å². The van der Waals surface area contributed by atoms with Gasteiger partial charge >= 0.3 is 0 Å². The largest absolute Gasteiger partial charge is 0.392 e. The Morgan fingerprint density at radius 1 is 1.41 bits per heavy atom. The van der Waals surface area contributed by atoms with Crippen LogP contribution in [0, 0.1) is 18.3 Å². The lowest BCUT2D eigenvalue weighted by Crippen LogP contribution is -2.29. The molecule has 3 N–H and O–H groups in total. The molecule has 0 bridgehead atoms. The molecule has 92 valence electrons. The van der Waals surface area contributed by atoms with E-state index in [1.54, 1.807) is 6.92 Å². The number of nitrogens with one attached hydrogen (secondary N) is 2. The Bertz CT molecular complexity index is 396. The van der Waals surface area contributed by atoms with E-state index in [1.807, 2.05) is 25.1 Å². The summed E-state index contributed by atoms with van der Waals surface area (Å²) < 4.78 is 0. The molecule has 4 nitrogen and oxygen atoms in total. The van der Waals surface area contributed by atoms with E-state index < -0.39 is 0 Å². The first-order chi connectivity index (χ1) is 8.13. The highest BCUT2D eigenvalue weighted by Gasteiger charge is 2.01. The highest BCUT2D eigenvalue weighted by Crippen LogP contribution is 2.15. The number of nitrogens with zero attached hydrogens (tertiary/aromatic N) is 1. The van der Waals surface area contributed by atoms with Gasteiger partial charge in [0.1, 0.15) is 6.07 Å². The van der Waals surface area contributed by atoms with Gasteiger partial charge < -0.3 is 15.7 Å². The molecule has 0 aromatic heterocycles. The number of hydrogen-bond acceptors (Lipinski definition) is 4.